The molecule has 0 atom stereocenters. The van der Waals surface area contributed by atoms with Crippen LogP contribution in [0.25, 0.3) is 21.3 Å². The molecule has 1 aromatic carbocycles. The molecule has 3 aromatic rings. The first-order valence-corrected chi connectivity index (χ1v) is 5.69. The second-order valence-electron chi connectivity index (χ2n) is 3.60. The fourth-order valence-corrected chi connectivity index (χ4v) is 2.42. The van der Waals surface area contributed by atoms with Crippen LogP contribution in [0.15, 0.2) is 30.6 Å². The van der Waals surface area contributed by atoms with Crippen molar-refractivity contribution in [3.63, 3.8) is 0 Å². The van der Waals surface area contributed by atoms with Gasteiger partial charge < -0.3 is 5.73 Å². The van der Waals surface area contributed by atoms with E-state index in [-0.39, 0.29) is 0 Å². The van der Waals surface area contributed by atoms with E-state index in [1.165, 1.54) is 11.3 Å². The van der Waals surface area contributed by atoms with E-state index in [1.807, 2.05) is 17.9 Å². The lowest BCUT2D eigenvalue weighted by Crippen LogP contribution is -1.87. The molecule has 0 unspecified atom stereocenters. The Balaban J connectivity index is 2.18. The lowest BCUT2D eigenvalue weighted by atomic mass is 10.1. The summed E-state index contributed by atoms with van der Waals surface area (Å²) in [5.74, 6) is 0. The minimum absolute atomic E-state index is 0.598. The molecule has 5 heteroatoms. The first-order chi connectivity index (χ1) is 7.74. The molecule has 0 radical (unpaired) electrons. The zero-order valence-electron chi connectivity index (χ0n) is 8.71. The molecule has 2 aromatic heterocycles. The Kier molecular flexibility index (Phi) is 1.94. The zero-order valence-corrected chi connectivity index (χ0v) is 9.53. The van der Waals surface area contributed by atoms with Crippen LogP contribution in [0.1, 0.15) is 0 Å². The first-order valence-electron chi connectivity index (χ1n) is 4.87. The summed E-state index contributed by atoms with van der Waals surface area (Å²) in [5.41, 5.74) is 7.88. The van der Waals surface area contributed by atoms with Crippen LogP contribution in [0.5, 0.6) is 0 Å². The van der Waals surface area contributed by atoms with Crippen molar-refractivity contribution >= 4 is 27.4 Å². The standard InChI is InChI=1S/C11H10N4S/c1-15-9-3-2-7(4-8(9)5-14-15)10-6-13-11(12)16-10/h2-6H,1H3,(H2,12,13). The van der Waals surface area contributed by atoms with Gasteiger partial charge in [0.05, 0.1) is 16.6 Å². The van der Waals surface area contributed by atoms with Crippen molar-refractivity contribution in [2.75, 3.05) is 5.73 Å². The summed E-state index contributed by atoms with van der Waals surface area (Å²) in [6, 6.07) is 6.24. The van der Waals surface area contributed by atoms with Crippen molar-refractivity contribution in [2.24, 2.45) is 7.05 Å². The quantitative estimate of drug-likeness (QED) is 0.697. The molecule has 2 heterocycles. The first kappa shape index (κ1) is 9.35. The van der Waals surface area contributed by atoms with Crippen LogP contribution >= 0.6 is 11.3 Å². The highest BCUT2D eigenvalue weighted by Gasteiger charge is 2.05. The average Bonchev–Trinajstić information content (AvgIpc) is 2.86. The van der Waals surface area contributed by atoms with Crippen LogP contribution in [0, 0.1) is 0 Å². The van der Waals surface area contributed by atoms with Crippen molar-refractivity contribution in [3.05, 3.63) is 30.6 Å². The summed E-state index contributed by atoms with van der Waals surface area (Å²) in [7, 11) is 1.94. The third-order valence-electron chi connectivity index (χ3n) is 2.55. The van der Waals surface area contributed by atoms with E-state index in [0.29, 0.717) is 5.13 Å². The number of nitrogen functional groups attached to an aromatic ring is 1. The Labute approximate surface area is 96.3 Å². The molecular formula is C11H10N4S. The number of rotatable bonds is 1. The third kappa shape index (κ3) is 1.37. The van der Waals surface area contributed by atoms with Crippen LogP contribution in [-0.2, 0) is 7.05 Å². The number of anilines is 1. The van der Waals surface area contributed by atoms with Crippen LogP contribution in [-0.4, -0.2) is 14.8 Å². The van der Waals surface area contributed by atoms with E-state index in [4.69, 9.17) is 5.73 Å². The summed E-state index contributed by atoms with van der Waals surface area (Å²) < 4.78 is 1.86. The molecule has 0 bridgehead atoms. The monoisotopic (exact) mass is 230 g/mol. The van der Waals surface area contributed by atoms with Crippen LogP contribution in [0.4, 0.5) is 5.13 Å². The molecular weight excluding hydrogens is 220 g/mol. The fourth-order valence-electron chi connectivity index (χ4n) is 1.74. The van der Waals surface area contributed by atoms with Gasteiger partial charge in [0.1, 0.15) is 0 Å². The molecule has 0 aliphatic carbocycles. The Morgan fingerprint density at radius 1 is 1.31 bits per heavy atom. The molecule has 0 saturated heterocycles. The summed E-state index contributed by atoms with van der Waals surface area (Å²) in [6.45, 7) is 0. The number of aromatic nitrogens is 3. The number of hydrogen-bond donors (Lipinski definition) is 1. The maximum atomic E-state index is 5.62. The van der Waals surface area contributed by atoms with Crippen LogP contribution in [0.3, 0.4) is 0 Å². The highest BCUT2D eigenvalue weighted by Crippen LogP contribution is 2.29. The number of benzene rings is 1. The number of nitrogens with zero attached hydrogens (tertiary/aromatic N) is 3. The number of nitrogens with two attached hydrogens (primary N) is 1. The molecule has 0 aliphatic heterocycles. The van der Waals surface area contributed by atoms with Gasteiger partial charge >= 0.3 is 0 Å². The van der Waals surface area contributed by atoms with Gasteiger partial charge in [0.2, 0.25) is 0 Å². The van der Waals surface area contributed by atoms with Gasteiger partial charge in [-0.25, -0.2) is 4.98 Å². The normalized spacial score (nSPS) is 11.1. The van der Waals surface area contributed by atoms with Gasteiger partial charge in [-0.05, 0) is 17.7 Å². The van der Waals surface area contributed by atoms with E-state index >= 15 is 0 Å². The highest BCUT2D eigenvalue weighted by molar-refractivity contribution is 7.18. The van der Waals surface area contributed by atoms with E-state index < -0.39 is 0 Å². The van der Waals surface area contributed by atoms with Gasteiger partial charge in [0.25, 0.3) is 0 Å². The van der Waals surface area contributed by atoms with E-state index in [9.17, 15) is 0 Å². The van der Waals surface area contributed by atoms with Gasteiger partial charge in [-0.15, -0.1) is 0 Å². The zero-order chi connectivity index (χ0) is 11.1. The Morgan fingerprint density at radius 3 is 2.94 bits per heavy atom. The van der Waals surface area contributed by atoms with Crippen LogP contribution in [0.2, 0.25) is 0 Å². The fraction of sp³-hybridized carbons (Fsp3) is 0.0909. The maximum absolute atomic E-state index is 5.62. The average molecular weight is 230 g/mol. The van der Waals surface area contributed by atoms with Crippen molar-refractivity contribution in [3.8, 4) is 10.4 Å². The van der Waals surface area contributed by atoms with Gasteiger partial charge in [-0.2, -0.15) is 5.10 Å². The predicted molar refractivity (Wildman–Crippen MR) is 66.2 cm³/mol. The predicted octanol–water partition coefficient (Wildman–Crippen LogP) is 2.28. The number of thiazole rings is 1. The van der Waals surface area contributed by atoms with Crippen molar-refractivity contribution < 1.29 is 0 Å². The van der Waals surface area contributed by atoms with Gasteiger partial charge in [0.15, 0.2) is 5.13 Å². The molecule has 0 amide bonds. The second kappa shape index (κ2) is 3.31. The molecule has 80 valence electrons. The lowest BCUT2D eigenvalue weighted by molar-refractivity contribution is 0.797. The van der Waals surface area contributed by atoms with Crippen molar-refractivity contribution in [1.29, 1.82) is 0 Å². The smallest absolute Gasteiger partial charge is 0.180 e. The van der Waals surface area contributed by atoms with Gasteiger partial charge in [-0.3, -0.25) is 4.68 Å². The second-order valence-corrected chi connectivity index (χ2v) is 4.67. The Hall–Kier alpha value is -1.88. The maximum Gasteiger partial charge on any atom is 0.180 e. The molecule has 0 spiro atoms. The topological polar surface area (TPSA) is 56.7 Å². The number of fused-ring (bicyclic) bond motifs is 1. The largest absolute Gasteiger partial charge is 0.375 e. The van der Waals surface area contributed by atoms with E-state index in [0.717, 1.165) is 21.3 Å². The summed E-state index contributed by atoms with van der Waals surface area (Å²) in [5, 5.41) is 5.95. The molecule has 4 nitrogen and oxygen atoms in total. The minimum Gasteiger partial charge on any atom is -0.375 e. The summed E-state index contributed by atoms with van der Waals surface area (Å²) in [6.07, 6.45) is 3.67. The highest BCUT2D eigenvalue weighted by atomic mass is 32.1. The molecule has 16 heavy (non-hydrogen) atoms. The number of aryl methyl sites for hydroxylation is 1. The van der Waals surface area contributed by atoms with Gasteiger partial charge in [-0.1, -0.05) is 17.4 Å². The SMILES string of the molecule is Cn1ncc2cc(-c3cnc(N)s3)ccc21. The third-order valence-corrected chi connectivity index (χ3v) is 3.43. The molecule has 0 aliphatic rings. The summed E-state index contributed by atoms with van der Waals surface area (Å²) in [4.78, 5) is 5.14. The molecule has 3 rings (SSSR count). The van der Waals surface area contributed by atoms with Crippen molar-refractivity contribution in [2.45, 2.75) is 0 Å². The lowest BCUT2D eigenvalue weighted by Gasteiger charge is -1.97. The number of hydrogen-bond acceptors (Lipinski definition) is 4. The Morgan fingerprint density at radius 2 is 2.19 bits per heavy atom. The van der Waals surface area contributed by atoms with E-state index in [1.54, 1.807) is 6.20 Å². The molecule has 0 saturated carbocycles. The van der Waals surface area contributed by atoms with Crippen molar-refractivity contribution in [1.82, 2.24) is 14.8 Å². The Bertz CT molecular complexity index is 653. The van der Waals surface area contributed by atoms with Crippen LogP contribution < -0.4 is 5.73 Å². The molecule has 0 fully saturated rings. The van der Waals surface area contributed by atoms with E-state index in [2.05, 4.69) is 28.3 Å². The summed E-state index contributed by atoms with van der Waals surface area (Å²) >= 11 is 1.50. The minimum atomic E-state index is 0.598. The molecule has 2 N–H and O–H groups in total. The van der Waals surface area contributed by atoms with Gasteiger partial charge in [0, 0.05) is 18.6 Å².